The summed E-state index contributed by atoms with van der Waals surface area (Å²) in [7, 11) is 1.40. The van der Waals surface area contributed by atoms with Crippen molar-refractivity contribution >= 4 is 11.7 Å². The van der Waals surface area contributed by atoms with Gasteiger partial charge in [-0.25, -0.2) is 0 Å². The highest BCUT2D eigenvalue weighted by Crippen LogP contribution is 2.25. The van der Waals surface area contributed by atoms with Crippen molar-refractivity contribution in [3.05, 3.63) is 46.7 Å². The summed E-state index contributed by atoms with van der Waals surface area (Å²) in [5.74, 6) is -0.238. The normalized spacial score (nSPS) is 14.7. The van der Waals surface area contributed by atoms with Crippen molar-refractivity contribution < 1.29 is 9.53 Å². The number of carbonyl (C=O) groups is 1. The Morgan fingerprint density at radius 3 is 2.56 bits per heavy atom. The van der Waals surface area contributed by atoms with E-state index in [0.717, 1.165) is 29.0 Å². The lowest BCUT2D eigenvalue weighted by Gasteiger charge is -2.01. The molecule has 94 valence electrons. The maximum Gasteiger partial charge on any atom is 0.311 e. The van der Waals surface area contributed by atoms with Crippen LogP contribution in [-0.4, -0.2) is 18.8 Å². The Bertz CT molecular complexity index is 524. The van der Waals surface area contributed by atoms with Crippen LogP contribution < -0.4 is 0 Å². The lowest BCUT2D eigenvalue weighted by molar-refractivity contribution is -0.139. The topological polar surface area (TPSA) is 38.7 Å². The maximum atomic E-state index is 11.3. The second-order valence-corrected chi connectivity index (χ2v) is 4.58. The molecule has 0 aromatic heterocycles. The number of nitrogens with zero attached hydrogens (tertiary/aromatic N) is 1. The van der Waals surface area contributed by atoms with Crippen molar-refractivity contribution in [3.63, 3.8) is 0 Å². The smallest absolute Gasteiger partial charge is 0.311 e. The van der Waals surface area contributed by atoms with Crippen molar-refractivity contribution in [2.75, 3.05) is 7.11 Å². The van der Waals surface area contributed by atoms with Crippen molar-refractivity contribution in [3.8, 4) is 0 Å². The molecular weight excluding hydrogens is 226 g/mol. The summed E-state index contributed by atoms with van der Waals surface area (Å²) in [5, 5.41) is 0. The van der Waals surface area contributed by atoms with Crippen LogP contribution in [0, 0.1) is 6.92 Å². The van der Waals surface area contributed by atoms with Gasteiger partial charge in [-0.15, -0.1) is 0 Å². The van der Waals surface area contributed by atoms with Crippen LogP contribution in [0.3, 0.4) is 0 Å². The number of rotatable bonds is 3. The molecule has 1 aliphatic rings. The Balaban J connectivity index is 2.17. The number of benzene rings is 1. The molecule has 0 aliphatic carbocycles. The minimum atomic E-state index is -0.238. The molecule has 3 nitrogen and oxygen atoms in total. The van der Waals surface area contributed by atoms with Gasteiger partial charge in [0, 0.05) is 6.42 Å². The Labute approximate surface area is 107 Å². The van der Waals surface area contributed by atoms with Crippen LogP contribution in [0.25, 0.3) is 0 Å². The minimum absolute atomic E-state index is 0.238. The summed E-state index contributed by atoms with van der Waals surface area (Å²) >= 11 is 0. The Hall–Kier alpha value is -1.90. The molecule has 0 radical (unpaired) electrons. The lowest BCUT2D eigenvalue weighted by Crippen LogP contribution is -2.00. The van der Waals surface area contributed by atoms with Gasteiger partial charge in [0.25, 0.3) is 0 Å². The number of aliphatic imine (C=N–C) groups is 1. The first-order chi connectivity index (χ1) is 8.60. The number of aryl methyl sites for hydroxylation is 1. The molecular formula is C15H17NO2. The molecule has 1 aliphatic heterocycles. The lowest BCUT2D eigenvalue weighted by atomic mass is 10.0. The zero-order chi connectivity index (χ0) is 13.1. The van der Waals surface area contributed by atoms with Crippen molar-refractivity contribution in [1.82, 2.24) is 0 Å². The van der Waals surface area contributed by atoms with Crippen LogP contribution in [0.2, 0.25) is 0 Å². The highest BCUT2D eigenvalue weighted by Gasteiger charge is 2.18. The van der Waals surface area contributed by atoms with E-state index >= 15 is 0 Å². The predicted octanol–water partition coefficient (Wildman–Crippen LogP) is 3.02. The third kappa shape index (κ3) is 2.67. The molecule has 0 saturated heterocycles. The molecule has 1 heterocycles. The Kier molecular flexibility index (Phi) is 3.60. The summed E-state index contributed by atoms with van der Waals surface area (Å²) in [6.45, 7) is 4.08. The van der Waals surface area contributed by atoms with Crippen LogP contribution in [-0.2, 0) is 9.53 Å². The molecule has 0 atom stereocenters. The second kappa shape index (κ2) is 5.17. The van der Waals surface area contributed by atoms with E-state index in [9.17, 15) is 4.79 Å². The fourth-order valence-electron chi connectivity index (χ4n) is 1.96. The number of esters is 1. The fraction of sp³-hybridized carbons (Fsp3) is 0.333. The average Bonchev–Trinajstić information content (AvgIpc) is 2.71. The third-order valence-corrected chi connectivity index (χ3v) is 3.12. The van der Waals surface area contributed by atoms with E-state index in [2.05, 4.69) is 40.9 Å². The Morgan fingerprint density at radius 2 is 1.94 bits per heavy atom. The van der Waals surface area contributed by atoms with Crippen molar-refractivity contribution in [2.45, 2.75) is 26.7 Å². The molecule has 3 heteroatoms. The molecule has 0 fully saturated rings. The highest BCUT2D eigenvalue weighted by atomic mass is 16.5. The second-order valence-electron chi connectivity index (χ2n) is 4.58. The molecule has 0 spiro atoms. The van der Waals surface area contributed by atoms with E-state index in [1.165, 1.54) is 12.7 Å². The standard InChI is InChI=1S/C15H17NO2/c1-10-4-6-12(7-5-10)14-8-11(2)13(16-14)9-15(17)18-3/h4-7H,8-9H2,1-3H3. The molecule has 1 aromatic rings. The van der Waals surface area contributed by atoms with Gasteiger partial charge in [0.05, 0.1) is 24.9 Å². The van der Waals surface area contributed by atoms with E-state index in [4.69, 9.17) is 0 Å². The largest absolute Gasteiger partial charge is 0.469 e. The highest BCUT2D eigenvalue weighted by molar-refractivity contribution is 6.04. The molecule has 0 amide bonds. The van der Waals surface area contributed by atoms with Crippen LogP contribution in [0.15, 0.2) is 40.5 Å². The van der Waals surface area contributed by atoms with Gasteiger partial charge in [-0.3, -0.25) is 9.79 Å². The molecule has 18 heavy (non-hydrogen) atoms. The van der Waals surface area contributed by atoms with Gasteiger partial charge in [-0.2, -0.15) is 0 Å². The molecule has 0 N–H and O–H groups in total. The van der Waals surface area contributed by atoms with Crippen molar-refractivity contribution in [2.24, 2.45) is 4.99 Å². The number of allylic oxidation sites excluding steroid dienone is 1. The summed E-state index contributed by atoms with van der Waals surface area (Å²) in [6.07, 6.45) is 1.08. The monoisotopic (exact) mass is 243 g/mol. The van der Waals surface area contributed by atoms with Crippen LogP contribution >= 0.6 is 0 Å². The van der Waals surface area contributed by atoms with Crippen LogP contribution in [0.5, 0.6) is 0 Å². The first kappa shape index (κ1) is 12.6. The van der Waals surface area contributed by atoms with Crippen LogP contribution in [0.1, 0.15) is 30.9 Å². The zero-order valence-electron chi connectivity index (χ0n) is 11.0. The molecule has 0 saturated carbocycles. The van der Waals surface area contributed by atoms with E-state index in [1.807, 2.05) is 6.92 Å². The van der Waals surface area contributed by atoms with Gasteiger partial charge >= 0.3 is 5.97 Å². The number of methoxy groups -OCH3 is 1. The maximum absolute atomic E-state index is 11.3. The minimum Gasteiger partial charge on any atom is -0.469 e. The number of carbonyl (C=O) groups excluding carboxylic acids is 1. The van der Waals surface area contributed by atoms with Gasteiger partial charge in [0.1, 0.15) is 0 Å². The summed E-state index contributed by atoms with van der Waals surface area (Å²) in [4.78, 5) is 15.8. The molecule has 0 bridgehead atoms. The van der Waals surface area contributed by atoms with E-state index < -0.39 is 0 Å². The molecule has 0 unspecified atom stereocenters. The third-order valence-electron chi connectivity index (χ3n) is 3.12. The Morgan fingerprint density at radius 1 is 1.28 bits per heavy atom. The van der Waals surface area contributed by atoms with Crippen molar-refractivity contribution in [1.29, 1.82) is 0 Å². The summed E-state index contributed by atoms with van der Waals surface area (Å²) in [5.41, 5.74) is 5.39. The number of hydrogen-bond donors (Lipinski definition) is 0. The number of hydrogen-bond acceptors (Lipinski definition) is 3. The van der Waals surface area contributed by atoms with Gasteiger partial charge in [0.15, 0.2) is 0 Å². The first-order valence-corrected chi connectivity index (χ1v) is 6.00. The first-order valence-electron chi connectivity index (χ1n) is 6.00. The predicted molar refractivity (Wildman–Crippen MR) is 71.7 cm³/mol. The summed E-state index contributed by atoms with van der Waals surface area (Å²) in [6, 6.07) is 8.29. The van der Waals surface area contributed by atoms with E-state index in [0.29, 0.717) is 0 Å². The molecule has 2 rings (SSSR count). The zero-order valence-corrected chi connectivity index (χ0v) is 11.0. The fourth-order valence-corrected chi connectivity index (χ4v) is 1.96. The van der Waals surface area contributed by atoms with Gasteiger partial charge in [-0.1, -0.05) is 29.8 Å². The number of ether oxygens (including phenoxy) is 1. The summed E-state index contributed by atoms with van der Waals surface area (Å²) < 4.78 is 4.67. The average molecular weight is 243 g/mol. The molecule has 1 aromatic carbocycles. The van der Waals surface area contributed by atoms with E-state index in [-0.39, 0.29) is 12.4 Å². The van der Waals surface area contributed by atoms with Gasteiger partial charge < -0.3 is 4.74 Å². The van der Waals surface area contributed by atoms with E-state index in [1.54, 1.807) is 0 Å². The quantitative estimate of drug-likeness (QED) is 0.765. The van der Waals surface area contributed by atoms with Gasteiger partial charge in [-0.05, 0) is 25.0 Å². The SMILES string of the molecule is COC(=O)CC1=C(C)CC(c2ccc(C)cc2)=N1. The van der Waals surface area contributed by atoms with Gasteiger partial charge in [0.2, 0.25) is 0 Å². The van der Waals surface area contributed by atoms with Crippen LogP contribution in [0.4, 0.5) is 0 Å².